The van der Waals surface area contributed by atoms with Crippen LogP contribution in [0.4, 0.5) is 5.69 Å². The van der Waals surface area contributed by atoms with E-state index in [9.17, 15) is 4.79 Å². The smallest absolute Gasteiger partial charge is 0.338 e. The van der Waals surface area contributed by atoms with E-state index in [2.05, 4.69) is 10.3 Å². The van der Waals surface area contributed by atoms with Gasteiger partial charge in [-0.3, -0.25) is 4.98 Å². The topological polar surface area (TPSA) is 76.8 Å². The molecule has 1 aliphatic heterocycles. The Hall–Kier alpha value is -4.95. The summed E-state index contributed by atoms with van der Waals surface area (Å²) < 4.78 is 17.6. The summed E-state index contributed by atoms with van der Waals surface area (Å²) in [4.78, 5) is 19.1. The molecular weight excluding hydrogens is 534 g/mol. The molecule has 1 saturated heterocycles. The van der Waals surface area contributed by atoms with Gasteiger partial charge >= 0.3 is 5.97 Å². The van der Waals surface area contributed by atoms with Gasteiger partial charge in [-0.05, 0) is 85.4 Å². The number of para-hydroxylation sites is 1. The zero-order valence-electron chi connectivity index (χ0n) is 22.5. The fraction of sp³-hybridized carbons (Fsp3) is 0.121. The van der Waals surface area contributed by atoms with Crippen LogP contribution in [0, 0.1) is 6.92 Å². The highest BCUT2D eigenvalue weighted by Crippen LogP contribution is 2.43. The zero-order valence-corrected chi connectivity index (χ0v) is 23.3. The first kappa shape index (κ1) is 26.3. The lowest BCUT2D eigenvalue weighted by Crippen LogP contribution is -2.29. The fourth-order valence-corrected chi connectivity index (χ4v) is 5.38. The molecule has 2 aromatic heterocycles. The van der Waals surface area contributed by atoms with E-state index < -0.39 is 5.97 Å². The van der Waals surface area contributed by atoms with Crippen LogP contribution in [0.25, 0.3) is 11.3 Å². The molecule has 1 aliphatic rings. The number of methoxy groups -OCH3 is 1. The second-order valence-corrected chi connectivity index (χ2v) is 9.98. The van der Waals surface area contributed by atoms with E-state index in [1.165, 1.54) is 7.11 Å². The van der Waals surface area contributed by atoms with E-state index >= 15 is 0 Å². The molecule has 41 heavy (non-hydrogen) atoms. The molecule has 2 atom stereocenters. The Balaban J connectivity index is 1.37. The van der Waals surface area contributed by atoms with Crippen LogP contribution in [0.15, 0.2) is 114 Å². The van der Waals surface area contributed by atoms with Crippen molar-refractivity contribution < 1.29 is 18.7 Å². The molecule has 0 amide bonds. The predicted molar refractivity (Wildman–Crippen MR) is 161 cm³/mol. The van der Waals surface area contributed by atoms with E-state index in [0.29, 0.717) is 27.8 Å². The molecule has 6 rings (SSSR count). The number of aryl methyl sites for hydroxylation is 1. The summed E-state index contributed by atoms with van der Waals surface area (Å²) in [5.74, 6) is 2.33. The number of nitrogens with zero attached hydrogens (tertiary/aromatic N) is 2. The van der Waals surface area contributed by atoms with Gasteiger partial charge in [-0.15, -0.1) is 0 Å². The number of carbonyl (C=O) groups is 1. The first-order valence-electron chi connectivity index (χ1n) is 13.1. The van der Waals surface area contributed by atoms with Crippen molar-refractivity contribution in [2.24, 2.45) is 0 Å². The number of aromatic nitrogens is 1. The highest BCUT2D eigenvalue weighted by atomic mass is 32.1. The second kappa shape index (κ2) is 11.3. The van der Waals surface area contributed by atoms with Gasteiger partial charge in [0.15, 0.2) is 5.11 Å². The van der Waals surface area contributed by atoms with E-state index in [-0.39, 0.29) is 12.1 Å². The monoisotopic (exact) mass is 561 g/mol. The average molecular weight is 562 g/mol. The number of hydrogen-bond acceptors (Lipinski definition) is 6. The Kier molecular flexibility index (Phi) is 7.22. The minimum Gasteiger partial charge on any atom is -0.465 e. The van der Waals surface area contributed by atoms with Gasteiger partial charge in [0, 0.05) is 17.4 Å². The van der Waals surface area contributed by atoms with Gasteiger partial charge in [-0.2, -0.15) is 0 Å². The standard InChI is InChI=1S/C33H27N3O4S/c1-21-9-3-6-13-27(21)39-23-16-14-22(15-17-23)36-31(30(35-33(36)41)26-12-7-8-20-34-26)29-19-18-28(40-29)24-10-4-5-11-25(24)32(37)38-2/h3-20,30-31H,1-2H3,(H,35,41)/t30-,31+/m1/s1. The van der Waals surface area contributed by atoms with Crippen molar-refractivity contribution in [3.63, 3.8) is 0 Å². The first-order chi connectivity index (χ1) is 20.0. The molecule has 0 aliphatic carbocycles. The molecule has 1 fully saturated rings. The number of ether oxygens (including phenoxy) is 2. The van der Waals surface area contributed by atoms with Gasteiger partial charge in [0.05, 0.1) is 24.4 Å². The third kappa shape index (κ3) is 5.17. The normalized spacial score (nSPS) is 16.3. The van der Waals surface area contributed by atoms with E-state index in [0.717, 1.165) is 28.4 Å². The molecule has 0 saturated carbocycles. The predicted octanol–water partition coefficient (Wildman–Crippen LogP) is 7.41. The Morgan fingerprint density at radius 1 is 0.927 bits per heavy atom. The lowest BCUT2D eigenvalue weighted by atomic mass is 10.0. The summed E-state index contributed by atoms with van der Waals surface area (Å²) in [5.41, 5.74) is 3.84. The van der Waals surface area contributed by atoms with Gasteiger partial charge < -0.3 is 24.1 Å². The number of benzene rings is 3. The molecule has 0 bridgehead atoms. The number of carbonyl (C=O) groups excluding carboxylic acids is 1. The van der Waals surface area contributed by atoms with Crippen molar-refractivity contribution in [1.29, 1.82) is 0 Å². The van der Waals surface area contributed by atoms with Crippen LogP contribution >= 0.6 is 12.2 Å². The quantitative estimate of drug-likeness (QED) is 0.163. The van der Waals surface area contributed by atoms with Gasteiger partial charge in [-0.25, -0.2) is 4.79 Å². The molecule has 5 aromatic rings. The number of rotatable bonds is 7. The molecule has 204 valence electrons. The Bertz CT molecular complexity index is 1700. The van der Waals surface area contributed by atoms with Crippen molar-refractivity contribution in [3.8, 4) is 22.8 Å². The third-order valence-corrected chi connectivity index (χ3v) is 7.37. The SMILES string of the molecule is COC(=O)c1ccccc1-c1ccc([C@H]2[C@@H](c3ccccn3)NC(=S)N2c2ccc(Oc3ccccc3C)cc2)o1. The van der Waals surface area contributed by atoms with Crippen LogP contribution < -0.4 is 15.0 Å². The summed E-state index contributed by atoms with van der Waals surface area (Å²) in [6.45, 7) is 2.02. The molecule has 3 aromatic carbocycles. The Morgan fingerprint density at radius 3 is 2.44 bits per heavy atom. The Morgan fingerprint density at radius 2 is 1.68 bits per heavy atom. The maximum absolute atomic E-state index is 12.4. The first-order valence-corrected chi connectivity index (χ1v) is 13.6. The van der Waals surface area contributed by atoms with Gasteiger partial charge in [0.2, 0.25) is 0 Å². The number of anilines is 1. The average Bonchev–Trinajstić information content (AvgIpc) is 3.63. The summed E-state index contributed by atoms with van der Waals surface area (Å²) in [6.07, 6.45) is 1.76. The van der Waals surface area contributed by atoms with Crippen molar-refractivity contribution in [2.75, 3.05) is 12.0 Å². The van der Waals surface area contributed by atoms with Crippen LogP contribution in [0.1, 0.15) is 39.5 Å². The van der Waals surface area contributed by atoms with Crippen LogP contribution in [0.2, 0.25) is 0 Å². The van der Waals surface area contributed by atoms with E-state index in [1.807, 2.05) is 103 Å². The van der Waals surface area contributed by atoms with Gasteiger partial charge in [0.1, 0.15) is 29.1 Å². The number of furan rings is 1. The largest absolute Gasteiger partial charge is 0.465 e. The summed E-state index contributed by atoms with van der Waals surface area (Å²) in [5, 5.41) is 3.99. The highest BCUT2D eigenvalue weighted by molar-refractivity contribution is 7.80. The molecule has 1 N–H and O–H groups in total. The number of pyridine rings is 1. The number of hydrogen-bond donors (Lipinski definition) is 1. The molecule has 7 nitrogen and oxygen atoms in total. The molecule has 8 heteroatoms. The van der Waals surface area contributed by atoms with Gasteiger partial charge in [0.25, 0.3) is 0 Å². The molecule has 0 unspecified atom stereocenters. The number of thiocarbonyl (C=S) groups is 1. The highest BCUT2D eigenvalue weighted by Gasteiger charge is 2.42. The summed E-state index contributed by atoms with van der Waals surface area (Å²) in [7, 11) is 1.37. The zero-order chi connectivity index (χ0) is 28.3. The van der Waals surface area contributed by atoms with Crippen LogP contribution in [0.3, 0.4) is 0 Å². The van der Waals surface area contributed by atoms with Crippen molar-refractivity contribution in [1.82, 2.24) is 10.3 Å². The minimum atomic E-state index is -0.428. The second-order valence-electron chi connectivity index (χ2n) is 9.60. The van der Waals surface area contributed by atoms with Crippen LogP contribution in [0.5, 0.6) is 11.5 Å². The minimum absolute atomic E-state index is 0.276. The van der Waals surface area contributed by atoms with E-state index in [4.69, 9.17) is 26.1 Å². The summed E-state index contributed by atoms with van der Waals surface area (Å²) >= 11 is 5.86. The molecule has 0 radical (unpaired) electrons. The number of nitrogens with one attached hydrogen (secondary N) is 1. The van der Waals surface area contributed by atoms with Gasteiger partial charge in [-0.1, -0.05) is 42.5 Å². The Labute approximate surface area is 243 Å². The van der Waals surface area contributed by atoms with Crippen LogP contribution in [-0.2, 0) is 4.74 Å². The number of esters is 1. The molecule has 0 spiro atoms. The summed E-state index contributed by atoms with van der Waals surface area (Å²) in [6, 6.07) is 31.9. The maximum atomic E-state index is 12.4. The fourth-order valence-electron chi connectivity index (χ4n) is 5.04. The third-order valence-electron chi connectivity index (χ3n) is 7.05. The lowest BCUT2D eigenvalue weighted by molar-refractivity contribution is 0.0601. The lowest BCUT2D eigenvalue weighted by Gasteiger charge is -2.26. The maximum Gasteiger partial charge on any atom is 0.338 e. The van der Waals surface area contributed by atoms with Crippen molar-refractivity contribution >= 4 is 29.0 Å². The van der Waals surface area contributed by atoms with Crippen LogP contribution in [-0.4, -0.2) is 23.2 Å². The molecular formula is C33H27N3O4S. The van der Waals surface area contributed by atoms with Crippen molar-refractivity contribution in [3.05, 3.63) is 132 Å². The van der Waals surface area contributed by atoms with Crippen molar-refractivity contribution in [2.45, 2.75) is 19.0 Å². The van der Waals surface area contributed by atoms with E-state index in [1.54, 1.807) is 18.3 Å². The molecule has 3 heterocycles.